The van der Waals surface area contributed by atoms with Crippen molar-refractivity contribution in [2.24, 2.45) is 0 Å². The Bertz CT molecular complexity index is 284. The highest BCUT2D eigenvalue weighted by molar-refractivity contribution is 14.1. The first-order chi connectivity index (χ1) is 5.57. The van der Waals surface area contributed by atoms with Gasteiger partial charge in [0.25, 0.3) is 0 Å². The first-order valence-corrected chi connectivity index (χ1v) is 5.13. The summed E-state index contributed by atoms with van der Waals surface area (Å²) in [4.78, 5) is 0. The summed E-state index contributed by atoms with van der Waals surface area (Å²) in [6.07, 6.45) is 0.898. The molecule has 0 unspecified atom stereocenters. The number of aryl methyl sites for hydroxylation is 1. The summed E-state index contributed by atoms with van der Waals surface area (Å²) in [6.45, 7) is 6.21. The lowest BCUT2D eigenvalue weighted by atomic mass is 10.0. The zero-order valence-corrected chi connectivity index (χ0v) is 11.0. The molecule has 1 aromatic carbocycles. The van der Waals surface area contributed by atoms with E-state index < -0.39 is 0 Å². The summed E-state index contributed by atoms with van der Waals surface area (Å²) in [7, 11) is 0. The SMILES string of the molecule is CCc1c(C)c(C)cc(I)c1O.Cl. The maximum Gasteiger partial charge on any atom is 0.132 e. The van der Waals surface area contributed by atoms with Crippen molar-refractivity contribution in [3.8, 4) is 5.75 Å². The van der Waals surface area contributed by atoms with Crippen molar-refractivity contribution in [2.45, 2.75) is 27.2 Å². The molecule has 0 amide bonds. The van der Waals surface area contributed by atoms with Gasteiger partial charge in [0.05, 0.1) is 3.57 Å². The Balaban J connectivity index is 0.00000144. The third kappa shape index (κ3) is 2.50. The van der Waals surface area contributed by atoms with Crippen LogP contribution in [0, 0.1) is 17.4 Å². The van der Waals surface area contributed by atoms with Gasteiger partial charge in [-0.05, 0) is 65.6 Å². The second-order valence-corrected chi connectivity index (χ2v) is 4.14. The molecule has 0 atom stereocenters. The van der Waals surface area contributed by atoms with Crippen LogP contribution in [0.5, 0.6) is 5.75 Å². The zero-order chi connectivity index (χ0) is 9.30. The average molecular weight is 313 g/mol. The fourth-order valence-corrected chi connectivity index (χ4v) is 2.15. The van der Waals surface area contributed by atoms with Crippen molar-refractivity contribution in [1.82, 2.24) is 0 Å². The molecule has 0 aromatic heterocycles. The Kier molecular flexibility index (Phi) is 5.07. The number of hydrogen-bond donors (Lipinski definition) is 1. The van der Waals surface area contributed by atoms with E-state index in [2.05, 4.69) is 43.4 Å². The van der Waals surface area contributed by atoms with E-state index in [1.54, 1.807) is 0 Å². The standard InChI is InChI=1S/C10H13IO.ClH/c1-4-8-7(3)6(2)5-9(11)10(8)12;/h5,12H,4H2,1-3H3;1H. The summed E-state index contributed by atoms with van der Waals surface area (Å²) in [5.74, 6) is 0.459. The third-order valence-corrected chi connectivity index (χ3v) is 3.08. The fourth-order valence-electron chi connectivity index (χ4n) is 1.36. The monoisotopic (exact) mass is 312 g/mol. The number of hydrogen-bond acceptors (Lipinski definition) is 1. The lowest BCUT2D eigenvalue weighted by Gasteiger charge is -2.10. The third-order valence-electron chi connectivity index (χ3n) is 2.25. The molecule has 0 aliphatic heterocycles. The van der Waals surface area contributed by atoms with Crippen molar-refractivity contribution in [1.29, 1.82) is 0 Å². The van der Waals surface area contributed by atoms with Crippen LogP contribution in [-0.2, 0) is 6.42 Å². The van der Waals surface area contributed by atoms with Gasteiger partial charge >= 0.3 is 0 Å². The van der Waals surface area contributed by atoms with Crippen molar-refractivity contribution < 1.29 is 5.11 Å². The average Bonchev–Trinajstić information content (AvgIpc) is 2.02. The smallest absolute Gasteiger partial charge is 0.132 e. The lowest BCUT2D eigenvalue weighted by Crippen LogP contribution is -1.93. The topological polar surface area (TPSA) is 20.2 Å². The molecule has 1 nitrogen and oxygen atoms in total. The Morgan fingerprint density at radius 1 is 1.38 bits per heavy atom. The molecule has 0 saturated heterocycles. The lowest BCUT2D eigenvalue weighted by molar-refractivity contribution is 0.464. The summed E-state index contributed by atoms with van der Waals surface area (Å²) >= 11 is 2.17. The van der Waals surface area contributed by atoms with Crippen LogP contribution < -0.4 is 0 Å². The second-order valence-electron chi connectivity index (χ2n) is 2.98. The Labute approximate surface area is 99.1 Å². The zero-order valence-electron chi connectivity index (χ0n) is 8.02. The molecule has 13 heavy (non-hydrogen) atoms. The molecule has 0 aliphatic rings. The molecular formula is C10H14ClIO. The van der Waals surface area contributed by atoms with Gasteiger partial charge in [-0.3, -0.25) is 0 Å². The molecule has 0 radical (unpaired) electrons. The van der Waals surface area contributed by atoms with Gasteiger partial charge in [0.2, 0.25) is 0 Å². The molecule has 74 valence electrons. The summed E-state index contributed by atoms with van der Waals surface area (Å²) in [5.41, 5.74) is 3.56. The molecule has 1 aromatic rings. The number of benzene rings is 1. The summed E-state index contributed by atoms with van der Waals surface area (Å²) in [5, 5.41) is 9.70. The number of rotatable bonds is 1. The van der Waals surface area contributed by atoms with Gasteiger partial charge in [-0.1, -0.05) is 6.92 Å². The van der Waals surface area contributed by atoms with E-state index in [1.807, 2.05) is 6.07 Å². The van der Waals surface area contributed by atoms with E-state index in [-0.39, 0.29) is 12.4 Å². The predicted octanol–water partition coefficient (Wildman–Crippen LogP) is 3.60. The van der Waals surface area contributed by atoms with Gasteiger partial charge in [0.15, 0.2) is 0 Å². The largest absolute Gasteiger partial charge is 0.507 e. The Morgan fingerprint density at radius 3 is 2.38 bits per heavy atom. The van der Waals surface area contributed by atoms with E-state index in [4.69, 9.17) is 0 Å². The fraction of sp³-hybridized carbons (Fsp3) is 0.400. The Morgan fingerprint density at radius 2 is 1.92 bits per heavy atom. The normalized spacial score (nSPS) is 9.54. The maximum atomic E-state index is 9.70. The van der Waals surface area contributed by atoms with Crippen LogP contribution in [0.25, 0.3) is 0 Å². The molecule has 3 heteroatoms. The molecule has 1 N–H and O–H groups in total. The van der Waals surface area contributed by atoms with Crippen molar-refractivity contribution in [3.05, 3.63) is 26.3 Å². The minimum Gasteiger partial charge on any atom is -0.507 e. The van der Waals surface area contributed by atoms with Crippen LogP contribution in [0.2, 0.25) is 0 Å². The summed E-state index contributed by atoms with van der Waals surface area (Å²) in [6, 6.07) is 2.02. The number of phenols is 1. The molecule has 0 bridgehead atoms. The Hall–Kier alpha value is 0.0400. The molecule has 0 aliphatic carbocycles. The van der Waals surface area contributed by atoms with Gasteiger partial charge in [-0.25, -0.2) is 0 Å². The van der Waals surface area contributed by atoms with Crippen molar-refractivity contribution in [3.63, 3.8) is 0 Å². The van der Waals surface area contributed by atoms with E-state index in [0.717, 1.165) is 15.6 Å². The van der Waals surface area contributed by atoms with Crippen LogP contribution in [0.4, 0.5) is 0 Å². The van der Waals surface area contributed by atoms with Gasteiger partial charge in [-0.15, -0.1) is 12.4 Å². The van der Waals surface area contributed by atoms with E-state index in [1.165, 1.54) is 11.1 Å². The number of aromatic hydroxyl groups is 1. The van der Waals surface area contributed by atoms with E-state index in [0.29, 0.717) is 5.75 Å². The highest BCUT2D eigenvalue weighted by Crippen LogP contribution is 2.29. The highest BCUT2D eigenvalue weighted by atomic mass is 127. The van der Waals surface area contributed by atoms with Crippen LogP contribution >= 0.6 is 35.0 Å². The number of phenolic OH excluding ortho intramolecular Hbond substituents is 1. The molecule has 0 saturated carbocycles. The highest BCUT2D eigenvalue weighted by Gasteiger charge is 2.08. The molecule has 0 heterocycles. The van der Waals surface area contributed by atoms with Crippen LogP contribution in [0.3, 0.4) is 0 Å². The number of halogens is 2. The van der Waals surface area contributed by atoms with Gasteiger partial charge in [0, 0.05) is 0 Å². The minimum absolute atomic E-state index is 0. The van der Waals surface area contributed by atoms with Gasteiger partial charge in [-0.2, -0.15) is 0 Å². The quantitative estimate of drug-likeness (QED) is 0.786. The summed E-state index contributed by atoms with van der Waals surface area (Å²) < 4.78 is 0.951. The maximum absolute atomic E-state index is 9.70. The van der Waals surface area contributed by atoms with Crippen LogP contribution in [-0.4, -0.2) is 5.11 Å². The van der Waals surface area contributed by atoms with E-state index >= 15 is 0 Å². The molecule has 1 rings (SSSR count). The second kappa shape index (κ2) is 5.05. The van der Waals surface area contributed by atoms with Crippen molar-refractivity contribution in [2.75, 3.05) is 0 Å². The van der Waals surface area contributed by atoms with Gasteiger partial charge in [0.1, 0.15) is 5.75 Å². The first-order valence-electron chi connectivity index (χ1n) is 4.05. The molecule has 0 spiro atoms. The predicted molar refractivity (Wildman–Crippen MR) is 66.9 cm³/mol. The van der Waals surface area contributed by atoms with Crippen LogP contribution in [0.1, 0.15) is 23.6 Å². The van der Waals surface area contributed by atoms with Crippen molar-refractivity contribution >= 4 is 35.0 Å². The first kappa shape index (κ1) is 13.0. The van der Waals surface area contributed by atoms with E-state index in [9.17, 15) is 5.11 Å². The molecular weight excluding hydrogens is 298 g/mol. The molecule has 0 fully saturated rings. The van der Waals surface area contributed by atoms with Gasteiger partial charge < -0.3 is 5.11 Å². The van der Waals surface area contributed by atoms with Crippen LogP contribution in [0.15, 0.2) is 6.07 Å². The minimum atomic E-state index is 0.